The zero-order valence-corrected chi connectivity index (χ0v) is 18.5. The Labute approximate surface area is 198 Å². The van der Waals surface area contributed by atoms with Gasteiger partial charge in [0.25, 0.3) is 5.91 Å². The number of halogens is 2. The first-order valence-corrected chi connectivity index (χ1v) is 11.1. The molecule has 0 saturated heterocycles. The minimum absolute atomic E-state index is 0.0463. The molecular formula is C24H19F2N5O2S. The third-order valence-corrected chi connectivity index (χ3v) is 5.45. The average Bonchev–Trinajstić information content (AvgIpc) is 3.29. The predicted molar refractivity (Wildman–Crippen MR) is 126 cm³/mol. The number of hydrazone groups is 1. The highest BCUT2D eigenvalue weighted by atomic mass is 32.2. The fraction of sp³-hybridized carbons (Fsp3) is 0.0833. The zero-order valence-electron chi connectivity index (χ0n) is 17.7. The van der Waals surface area contributed by atoms with Gasteiger partial charge in [0.1, 0.15) is 5.75 Å². The van der Waals surface area contributed by atoms with Crippen LogP contribution in [0.3, 0.4) is 0 Å². The van der Waals surface area contributed by atoms with Gasteiger partial charge in [-0.1, -0.05) is 60.3 Å². The minimum Gasteiger partial charge on any atom is -0.435 e. The number of carbonyl (C=O) groups is 1. The van der Waals surface area contributed by atoms with Crippen LogP contribution in [0.15, 0.2) is 95.2 Å². The lowest BCUT2D eigenvalue weighted by Crippen LogP contribution is -2.20. The second-order valence-corrected chi connectivity index (χ2v) is 7.82. The maximum Gasteiger partial charge on any atom is 0.387 e. The van der Waals surface area contributed by atoms with E-state index < -0.39 is 6.61 Å². The number of rotatable bonds is 9. The van der Waals surface area contributed by atoms with Gasteiger partial charge in [-0.05, 0) is 42.0 Å². The third kappa shape index (κ3) is 6.04. The number of nitrogens with zero attached hydrogens (tertiary/aromatic N) is 4. The Morgan fingerprint density at radius 2 is 1.68 bits per heavy atom. The lowest BCUT2D eigenvalue weighted by molar-refractivity contribution is -0.118. The van der Waals surface area contributed by atoms with Crippen molar-refractivity contribution < 1.29 is 18.3 Å². The molecule has 1 amide bonds. The number of hydrogen-bond acceptors (Lipinski definition) is 6. The van der Waals surface area contributed by atoms with Crippen LogP contribution in [0.1, 0.15) is 5.56 Å². The van der Waals surface area contributed by atoms with Crippen LogP contribution in [0.25, 0.3) is 17.1 Å². The van der Waals surface area contributed by atoms with E-state index in [2.05, 4.69) is 25.5 Å². The van der Waals surface area contributed by atoms with Crippen molar-refractivity contribution in [2.45, 2.75) is 11.8 Å². The van der Waals surface area contributed by atoms with Crippen LogP contribution in [-0.2, 0) is 4.79 Å². The van der Waals surface area contributed by atoms with E-state index in [4.69, 9.17) is 0 Å². The Balaban J connectivity index is 1.41. The molecular weight excluding hydrogens is 460 g/mol. The van der Waals surface area contributed by atoms with Crippen LogP contribution in [0.5, 0.6) is 5.75 Å². The van der Waals surface area contributed by atoms with Crippen LogP contribution in [0.2, 0.25) is 0 Å². The summed E-state index contributed by atoms with van der Waals surface area (Å²) in [5.74, 6) is 0.456. The standard InChI is InChI=1S/C24H19F2N5O2S/c25-23(26)33-20-13-11-17(12-14-20)15-27-28-21(32)16-34-24-30-29-22(18-7-3-1-4-8-18)31(24)19-9-5-2-6-10-19/h1-15,23H,16H2,(H,28,32)/b27-15+. The number of nitrogens with one attached hydrogen (secondary N) is 1. The first kappa shape index (κ1) is 23.1. The van der Waals surface area contributed by atoms with Gasteiger partial charge in [0.15, 0.2) is 11.0 Å². The summed E-state index contributed by atoms with van der Waals surface area (Å²) in [5.41, 5.74) is 4.85. The second-order valence-electron chi connectivity index (χ2n) is 6.87. The van der Waals surface area contributed by atoms with Gasteiger partial charge in [0, 0.05) is 11.3 Å². The molecule has 0 unspecified atom stereocenters. The summed E-state index contributed by atoms with van der Waals surface area (Å²) >= 11 is 1.24. The molecule has 0 spiro atoms. The summed E-state index contributed by atoms with van der Waals surface area (Å²) in [5, 5.41) is 13.1. The highest BCUT2D eigenvalue weighted by Crippen LogP contribution is 2.27. The number of benzene rings is 3. The largest absolute Gasteiger partial charge is 0.435 e. The SMILES string of the molecule is O=C(CSc1nnc(-c2ccccc2)n1-c1ccccc1)N/N=C/c1ccc(OC(F)F)cc1. The van der Waals surface area contributed by atoms with Gasteiger partial charge in [0.2, 0.25) is 0 Å². The summed E-state index contributed by atoms with van der Waals surface area (Å²) in [6, 6.07) is 25.2. The van der Waals surface area contributed by atoms with Crippen molar-refractivity contribution in [2.75, 3.05) is 5.75 Å². The summed E-state index contributed by atoms with van der Waals surface area (Å²) in [7, 11) is 0. The van der Waals surface area contributed by atoms with E-state index in [1.54, 1.807) is 12.1 Å². The molecule has 0 aliphatic carbocycles. The van der Waals surface area contributed by atoms with Gasteiger partial charge < -0.3 is 4.74 Å². The Kier molecular flexibility index (Phi) is 7.61. The molecule has 10 heteroatoms. The number of para-hydroxylation sites is 1. The van der Waals surface area contributed by atoms with E-state index in [1.807, 2.05) is 65.2 Å². The highest BCUT2D eigenvalue weighted by Gasteiger charge is 2.17. The Morgan fingerprint density at radius 3 is 2.35 bits per heavy atom. The molecule has 0 aliphatic rings. The molecule has 172 valence electrons. The van der Waals surface area contributed by atoms with Gasteiger partial charge in [-0.25, -0.2) is 5.43 Å². The monoisotopic (exact) mass is 479 g/mol. The van der Waals surface area contributed by atoms with Crippen molar-refractivity contribution in [2.24, 2.45) is 5.10 Å². The van der Waals surface area contributed by atoms with Gasteiger partial charge in [0.05, 0.1) is 12.0 Å². The molecule has 34 heavy (non-hydrogen) atoms. The molecule has 4 aromatic rings. The Morgan fingerprint density at radius 1 is 1.00 bits per heavy atom. The van der Waals surface area contributed by atoms with E-state index in [9.17, 15) is 13.6 Å². The quantitative estimate of drug-likeness (QED) is 0.212. The van der Waals surface area contributed by atoms with E-state index >= 15 is 0 Å². The fourth-order valence-electron chi connectivity index (χ4n) is 3.02. The van der Waals surface area contributed by atoms with E-state index in [0.29, 0.717) is 16.5 Å². The number of alkyl halides is 2. The number of carbonyl (C=O) groups excluding carboxylic acids is 1. The first-order chi connectivity index (χ1) is 16.6. The number of hydrogen-bond donors (Lipinski definition) is 1. The molecule has 1 aromatic heterocycles. The number of thioether (sulfide) groups is 1. The molecule has 0 aliphatic heterocycles. The number of ether oxygens (including phenoxy) is 1. The number of aromatic nitrogens is 3. The molecule has 0 saturated carbocycles. The van der Waals surface area contributed by atoms with Crippen molar-refractivity contribution >= 4 is 23.9 Å². The topological polar surface area (TPSA) is 81.4 Å². The van der Waals surface area contributed by atoms with Gasteiger partial charge in [-0.15, -0.1) is 10.2 Å². The maximum atomic E-state index is 12.3. The van der Waals surface area contributed by atoms with Gasteiger partial charge in [-0.2, -0.15) is 13.9 Å². The van der Waals surface area contributed by atoms with Gasteiger partial charge in [-0.3, -0.25) is 9.36 Å². The lowest BCUT2D eigenvalue weighted by atomic mass is 10.2. The normalized spacial score (nSPS) is 11.1. The summed E-state index contributed by atoms with van der Waals surface area (Å²) < 4.78 is 30.6. The van der Waals surface area contributed by atoms with Crippen LogP contribution >= 0.6 is 11.8 Å². The van der Waals surface area contributed by atoms with Crippen LogP contribution in [-0.4, -0.2) is 39.3 Å². The van der Waals surface area contributed by atoms with Crippen molar-refractivity contribution in [3.8, 4) is 22.8 Å². The summed E-state index contributed by atoms with van der Waals surface area (Å²) in [4.78, 5) is 12.3. The Bertz CT molecular complexity index is 1250. The van der Waals surface area contributed by atoms with E-state index in [0.717, 1.165) is 11.3 Å². The van der Waals surface area contributed by atoms with Crippen molar-refractivity contribution in [3.05, 3.63) is 90.5 Å². The van der Waals surface area contributed by atoms with Crippen molar-refractivity contribution in [3.63, 3.8) is 0 Å². The smallest absolute Gasteiger partial charge is 0.387 e. The van der Waals surface area contributed by atoms with Gasteiger partial charge >= 0.3 is 6.61 Å². The molecule has 0 fully saturated rings. The Hall–Kier alpha value is -4.05. The molecule has 0 atom stereocenters. The van der Waals surface area contributed by atoms with E-state index in [-0.39, 0.29) is 17.4 Å². The van der Waals surface area contributed by atoms with Crippen LogP contribution < -0.4 is 10.2 Å². The predicted octanol–water partition coefficient (Wildman–Crippen LogP) is 4.78. The van der Waals surface area contributed by atoms with Crippen LogP contribution in [0.4, 0.5) is 8.78 Å². The van der Waals surface area contributed by atoms with E-state index in [1.165, 1.54) is 30.1 Å². The average molecular weight is 480 g/mol. The molecule has 4 rings (SSSR count). The lowest BCUT2D eigenvalue weighted by Gasteiger charge is -2.10. The highest BCUT2D eigenvalue weighted by molar-refractivity contribution is 7.99. The molecule has 1 heterocycles. The molecule has 0 radical (unpaired) electrons. The fourth-order valence-corrected chi connectivity index (χ4v) is 3.77. The molecule has 7 nitrogen and oxygen atoms in total. The number of amides is 1. The first-order valence-electron chi connectivity index (χ1n) is 10.2. The van der Waals surface area contributed by atoms with Crippen LogP contribution in [0, 0.1) is 0 Å². The third-order valence-electron chi connectivity index (χ3n) is 4.52. The maximum absolute atomic E-state index is 12.3. The summed E-state index contributed by atoms with van der Waals surface area (Å²) in [6.45, 7) is -2.88. The van der Waals surface area contributed by atoms with Crippen molar-refractivity contribution in [1.82, 2.24) is 20.2 Å². The molecule has 0 bridgehead atoms. The molecule has 1 N–H and O–H groups in total. The summed E-state index contributed by atoms with van der Waals surface area (Å²) in [6.07, 6.45) is 1.41. The zero-order chi connectivity index (χ0) is 23.8. The second kappa shape index (κ2) is 11.2. The van der Waals surface area contributed by atoms with Crippen molar-refractivity contribution in [1.29, 1.82) is 0 Å². The molecule has 3 aromatic carbocycles. The minimum atomic E-state index is -2.88.